The molecule has 5 heterocycles. The summed E-state index contributed by atoms with van der Waals surface area (Å²) in [5.41, 5.74) is 0.128. The standard InChI is InChI=1S/C19H18N4O4/c1-11-7-14(22-27-11)23-10-19-5-4-13(26-19)15(16(19)18(23)25)17(24)21-9-12-3-2-6-20-8-12/h2-8,13,15-16H,9-10H2,1H3,(H,21,24)/t13?,15?,16?,19-/m0/s1. The summed E-state index contributed by atoms with van der Waals surface area (Å²) in [6.07, 6.45) is 6.80. The highest BCUT2D eigenvalue weighted by atomic mass is 16.5. The van der Waals surface area contributed by atoms with E-state index < -0.39 is 17.4 Å². The number of rotatable bonds is 4. The first-order valence-corrected chi connectivity index (χ1v) is 8.86. The van der Waals surface area contributed by atoms with E-state index in [2.05, 4.69) is 15.5 Å². The fourth-order valence-corrected chi connectivity index (χ4v) is 4.28. The normalized spacial score (nSPS) is 30.8. The van der Waals surface area contributed by atoms with Crippen molar-refractivity contribution in [3.63, 3.8) is 0 Å². The number of hydrogen-bond acceptors (Lipinski definition) is 6. The van der Waals surface area contributed by atoms with Crippen LogP contribution in [0.5, 0.6) is 0 Å². The Bertz CT molecular complexity index is 940. The molecule has 3 unspecified atom stereocenters. The van der Waals surface area contributed by atoms with Crippen molar-refractivity contribution in [2.75, 3.05) is 11.4 Å². The minimum absolute atomic E-state index is 0.156. The second kappa shape index (κ2) is 5.75. The van der Waals surface area contributed by atoms with E-state index in [4.69, 9.17) is 9.26 Å². The molecule has 27 heavy (non-hydrogen) atoms. The van der Waals surface area contributed by atoms with Gasteiger partial charge in [-0.05, 0) is 18.6 Å². The van der Waals surface area contributed by atoms with E-state index >= 15 is 0 Å². The Hall–Kier alpha value is -3.00. The zero-order valence-electron chi connectivity index (χ0n) is 14.7. The molecule has 2 aromatic heterocycles. The third-order valence-corrected chi connectivity index (χ3v) is 5.48. The van der Waals surface area contributed by atoms with E-state index in [0.29, 0.717) is 24.7 Å². The molecule has 0 radical (unpaired) electrons. The molecule has 2 bridgehead atoms. The first kappa shape index (κ1) is 16.2. The summed E-state index contributed by atoms with van der Waals surface area (Å²) in [5, 5.41) is 6.86. The van der Waals surface area contributed by atoms with Crippen molar-refractivity contribution in [2.45, 2.75) is 25.2 Å². The van der Waals surface area contributed by atoms with E-state index in [9.17, 15) is 9.59 Å². The SMILES string of the molecule is Cc1cc(N2C[C@]34C=CC(O3)C(C(=O)NCc3cccnc3)C4C2=O)no1. The van der Waals surface area contributed by atoms with Crippen molar-refractivity contribution in [1.82, 2.24) is 15.5 Å². The van der Waals surface area contributed by atoms with Crippen molar-refractivity contribution >= 4 is 17.6 Å². The van der Waals surface area contributed by atoms with Gasteiger partial charge in [0.2, 0.25) is 11.8 Å². The second-order valence-corrected chi connectivity index (χ2v) is 7.20. The van der Waals surface area contributed by atoms with Crippen molar-refractivity contribution in [2.24, 2.45) is 11.8 Å². The summed E-state index contributed by atoms with van der Waals surface area (Å²) in [7, 11) is 0. The van der Waals surface area contributed by atoms with Crippen LogP contribution in [-0.4, -0.2) is 40.2 Å². The molecule has 3 aliphatic heterocycles. The molecule has 3 aliphatic rings. The predicted octanol–water partition coefficient (Wildman–Crippen LogP) is 0.981. The van der Waals surface area contributed by atoms with Crippen LogP contribution in [0.15, 0.2) is 47.3 Å². The number of nitrogens with one attached hydrogen (secondary N) is 1. The van der Waals surface area contributed by atoms with E-state index in [1.165, 1.54) is 0 Å². The van der Waals surface area contributed by atoms with E-state index in [0.717, 1.165) is 5.56 Å². The van der Waals surface area contributed by atoms with Crippen molar-refractivity contribution < 1.29 is 18.8 Å². The lowest BCUT2D eigenvalue weighted by Gasteiger charge is -2.23. The molecule has 4 atom stereocenters. The van der Waals surface area contributed by atoms with Gasteiger partial charge in [0.05, 0.1) is 24.5 Å². The molecule has 2 fully saturated rings. The Balaban J connectivity index is 1.38. The number of fused-ring (bicyclic) bond motifs is 1. The molecule has 0 aromatic carbocycles. The first-order chi connectivity index (χ1) is 13.1. The van der Waals surface area contributed by atoms with Crippen LogP contribution >= 0.6 is 0 Å². The van der Waals surface area contributed by atoms with Gasteiger partial charge in [-0.25, -0.2) is 0 Å². The molecule has 2 saturated heterocycles. The van der Waals surface area contributed by atoms with Crippen LogP contribution in [0.2, 0.25) is 0 Å². The van der Waals surface area contributed by atoms with Gasteiger partial charge < -0.3 is 14.6 Å². The van der Waals surface area contributed by atoms with E-state index in [1.807, 2.05) is 24.3 Å². The topological polar surface area (TPSA) is 97.6 Å². The van der Waals surface area contributed by atoms with Gasteiger partial charge in [0.15, 0.2) is 5.82 Å². The average molecular weight is 366 g/mol. The van der Waals surface area contributed by atoms with Crippen LogP contribution in [0.4, 0.5) is 5.82 Å². The molecule has 2 aromatic rings. The maximum atomic E-state index is 13.1. The summed E-state index contributed by atoms with van der Waals surface area (Å²) in [4.78, 5) is 31.6. The third kappa shape index (κ3) is 2.40. The van der Waals surface area contributed by atoms with Crippen molar-refractivity contribution in [1.29, 1.82) is 0 Å². The van der Waals surface area contributed by atoms with Gasteiger partial charge in [0.25, 0.3) is 0 Å². The van der Waals surface area contributed by atoms with Crippen LogP contribution in [0, 0.1) is 18.8 Å². The first-order valence-electron chi connectivity index (χ1n) is 8.86. The number of aryl methyl sites for hydroxylation is 1. The Morgan fingerprint density at radius 2 is 2.37 bits per heavy atom. The highest BCUT2D eigenvalue weighted by molar-refractivity contribution is 6.02. The molecular weight excluding hydrogens is 348 g/mol. The van der Waals surface area contributed by atoms with Crippen LogP contribution in [0.1, 0.15) is 11.3 Å². The van der Waals surface area contributed by atoms with Crippen molar-refractivity contribution in [3.05, 3.63) is 54.1 Å². The molecule has 5 rings (SSSR count). The lowest BCUT2D eigenvalue weighted by molar-refractivity contribution is -0.132. The van der Waals surface area contributed by atoms with Crippen LogP contribution in [0.25, 0.3) is 0 Å². The summed E-state index contributed by atoms with van der Waals surface area (Å²) in [5.74, 6) is -0.381. The molecule has 0 aliphatic carbocycles. The summed E-state index contributed by atoms with van der Waals surface area (Å²) in [6, 6.07) is 5.42. The zero-order chi connectivity index (χ0) is 18.6. The molecular formula is C19H18N4O4. The monoisotopic (exact) mass is 366 g/mol. The number of pyridine rings is 1. The molecule has 2 amide bonds. The van der Waals surface area contributed by atoms with Gasteiger partial charge in [-0.1, -0.05) is 23.4 Å². The van der Waals surface area contributed by atoms with Gasteiger partial charge in [0, 0.05) is 25.0 Å². The zero-order valence-corrected chi connectivity index (χ0v) is 14.7. The minimum Gasteiger partial charge on any atom is -0.360 e. The lowest BCUT2D eigenvalue weighted by Crippen LogP contribution is -2.44. The average Bonchev–Trinajstić information content (AvgIpc) is 3.42. The summed E-state index contributed by atoms with van der Waals surface area (Å²) >= 11 is 0. The summed E-state index contributed by atoms with van der Waals surface area (Å²) < 4.78 is 11.2. The number of anilines is 1. The molecule has 8 nitrogen and oxygen atoms in total. The second-order valence-electron chi connectivity index (χ2n) is 7.20. The fourth-order valence-electron chi connectivity index (χ4n) is 4.28. The van der Waals surface area contributed by atoms with Gasteiger partial charge in [-0.2, -0.15) is 0 Å². The van der Waals surface area contributed by atoms with Gasteiger partial charge in [0.1, 0.15) is 11.4 Å². The number of aromatic nitrogens is 2. The highest BCUT2D eigenvalue weighted by Crippen LogP contribution is 2.52. The Labute approximate surface area is 155 Å². The number of carbonyl (C=O) groups is 2. The Kier molecular flexibility index (Phi) is 3.45. The highest BCUT2D eigenvalue weighted by Gasteiger charge is 2.67. The van der Waals surface area contributed by atoms with Crippen LogP contribution in [0.3, 0.4) is 0 Å². The largest absolute Gasteiger partial charge is 0.360 e. The van der Waals surface area contributed by atoms with Gasteiger partial charge in [-0.15, -0.1) is 0 Å². The minimum atomic E-state index is -0.773. The van der Waals surface area contributed by atoms with Crippen LogP contribution < -0.4 is 10.2 Å². The number of nitrogens with zero attached hydrogens (tertiary/aromatic N) is 3. The molecule has 8 heteroatoms. The maximum absolute atomic E-state index is 13.1. The number of hydrogen-bond donors (Lipinski definition) is 1. The van der Waals surface area contributed by atoms with E-state index in [-0.39, 0.29) is 17.9 Å². The molecule has 138 valence electrons. The Morgan fingerprint density at radius 3 is 3.11 bits per heavy atom. The predicted molar refractivity (Wildman–Crippen MR) is 93.4 cm³/mol. The molecule has 1 N–H and O–H groups in total. The van der Waals surface area contributed by atoms with Crippen LogP contribution in [-0.2, 0) is 20.9 Å². The number of amides is 2. The van der Waals surface area contributed by atoms with E-state index in [1.54, 1.807) is 30.3 Å². The Morgan fingerprint density at radius 1 is 1.48 bits per heavy atom. The third-order valence-electron chi connectivity index (χ3n) is 5.48. The van der Waals surface area contributed by atoms with Gasteiger partial charge >= 0.3 is 0 Å². The smallest absolute Gasteiger partial charge is 0.235 e. The fraction of sp³-hybridized carbons (Fsp3) is 0.368. The number of ether oxygens (including phenoxy) is 1. The molecule has 0 saturated carbocycles. The maximum Gasteiger partial charge on any atom is 0.235 e. The number of carbonyl (C=O) groups excluding carboxylic acids is 2. The van der Waals surface area contributed by atoms with Gasteiger partial charge in [-0.3, -0.25) is 19.5 Å². The van der Waals surface area contributed by atoms with Crippen molar-refractivity contribution in [3.8, 4) is 0 Å². The quantitative estimate of drug-likeness (QED) is 0.810. The molecule has 1 spiro atoms. The lowest BCUT2D eigenvalue weighted by atomic mass is 9.77. The summed E-state index contributed by atoms with van der Waals surface area (Å²) in [6.45, 7) is 2.47.